The highest BCUT2D eigenvalue weighted by molar-refractivity contribution is 6.32. The molecule has 0 aliphatic carbocycles. The lowest BCUT2D eigenvalue weighted by Crippen LogP contribution is -2.41. The summed E-state index contributed by atoms with van der Waals surface area (Å²) in [7, 11) is 0. The molecular formula is C29H31ClF3N7O4. The monoisotopic (exact) mass is 633 g/mol. The van der Waals surface area contributed by atoms with Gasteiger partial charge in [0.2, 0.25) is 11.9 Å². The van der Waals surface area contributed by atoms with Crippen LogP contribution < -0.4 is 21.3 Å². The molecule has 2 aliphatic heterocycles. The Morgan fingerprint density at radius 1 is 1.09 bits per heavy atom. The Morgan fingerprint density at radius 2 is 1.82 bits per heavy atom. The fourth-order valence-electron chi connectivity index (χ4n) is 4.65. The van der Waals surface area contributed by atoms with Gasteiger partial charge in [0.05, 0.1) is 6.20 Å². The molecule has 6 bridgehead atoms. The van der Waals surface area contributed by atoms with Crippen LogP contribution in [-0.2, 0) is 22.4 Å². The van der Waals surface area contributed by atoms with Gasteiger partial charge in [-0.25, -0.2) is 14.6 Å². The van der Waals surface area contributed by atoms with Crippen LogP contribution in [0.15, 0.2) is 48.7 Å². The number of halogens is 4. The standard InChI is InChI=1S/C27H30ClN7O2.C2HF3O2/c1-16(2)25(36)35-11-10-21(15-35)32-27(37)33-23-9-8-20-13-18(23)7-6-17-4-3-5-19(12-17)31-26-29-14-22(28)24(30-20)34-26;3-2(4,5)1(6)7/h3-5,8-9,12-14,16,21H,6-7,10-11,15H2,1-2H3,(H2,32,33,37)(H2,29,30,31,34);(H,6,7)/t21-;/m0./s1. The van der Waals surface area contributed by atoms with Crippen LogP contribution in [0.3, 0.4) is 0 Å². The Morgan fingerprint density at radius 3 is 2.52 bits per heavy atom. The van der Waals surface area contributed by atoms with Crippen LogP contribution in [0.2, 0.25) is 5.02 Å². The molecular weight excluding hydrogens is 603 g/mol. The van der Waals surface area contributed by atoms with Crippen LogP contribution in [0.5, 0.6) is 0 Å². The number of likely N-dealkylation sites (tertiary alicyclic amines) is 1. The molecule has 44 heavy (non-hydrogen) atoms. The van der Waals surface area contributed by atoms with Gasteiger partial charge in [0.15, 0.2) is 5.82 Å². The van der Waals surface area contributed by atoms with E-state index in [1.165, 1.54) is 0 Å². The number of carboxylic acid groups (broad SMARTS) is 1. The minimum atomic E-state index is -5.08. The molecule has 0 spiro atoms. The molecule has 1 atom stereocenters. The fourth-order valence-corrected chi connectivity index (χ4v) is 4.79. The van der Waals surface area contributed by atoms with Crippen molar-refractivity contribution in [2.45, 2.75) is 45.3 Å². The highest BCUT2D eigenvalue weighted by Gasteiger charge is 2.38. The second kappa shape index (κ2) is 13.8. The molecule has 0 radical (unpaired) electrons. The highest BCUT2D eigenvalue weighted by Crippen LogP contribution is 2.29. The number of carbonyl (C=O) groups is 3. The SMILES string of the molecule is CC(C)C(=O)N1CC[C@H](NC(=O)Nc2ccc3cc2CCc2cccc(c2)Nc2ncc(Cl)c(n2)N3)C1.O=C(O)C(F)(F)F. The number of aliphatic carboxylic acids is 1. The summed E-state index contributed by atoms with van der Waals surface area (Å²) in [5.41, 5.74) is 4.54. The number of aromatic nitrogens is 2. The fraction of sp³-hybridized carbons (Fsp3) is 0.345. The second-order valence-electron chi connectivity index (χ2n) is 10.5. The summed E-state index contributed by atoms with van der Waals surface area (Å²) in [6.07, 6.45) is -1.29. The number of nitrogens with one attached hydrogen (secondary N) is 4. The zero-order valence-electron chi connectivity index (χ0n) is 23.8. The van der Waals surface area contributed by atoms with Crippen molar-refractivity contribution in [1.29, 1.82) is 0 Å². The maximum Gasteiger partial charge on any atom is 0.490 e. The van der Waals surface area contributed by atoms with E-state index in [1.807, 2.05) is 49.1 Å². The highest BCUT2D eigenvalue weighted by atomic mass is 35.5. The number of hydrogen-bond donors (Lipinski definition) is 5. The van der Waals surface area contributed by atoms with E-state index in [9.17, 15) is 22.8 Å². The molecule has 1 fully saturated rings. The minimum Gasteiger partial charge on any atom is -0.475 e. The number of alkyl halides is 3. The molecule has 5 rings (SSSR count). The summed E-state index contributed by atoms with van der Waals surface area (Å²) in [6, 6.07) is 13.5. The number of urea groups is 1. The van der Waals surface area contributed by atoms with Gasteiger partial charge >= 0.3 is 18.2 Å². The quantitative estimate of drug-likeness (QED) is 0.246. The lowest BCUT2D eigenvalue weighted by Gasteiger charge is -2.19. The van der Waals surface area contributed by atoms with E-state index in [0.29, 0.717) is 36.3 Å². The van der Waals surface area contributed by atoms with Gasteiger partial charge in [0.25, 0.3) is 0 Å². The first kappa shape index (κ1) is 32.3. The van der Waals surface area contributed by atoms with Gasteiger partial charge in [-0.3, -0.25) is 4.79 Å². The second-order valence-corrected chi connectivity index (χ2v) is 10.9. The first-order valence-electron chi connectivity index (χ1n) is 13.7. The molecule has 1 saturated heterocycles. The van der Waals surface area contributed by atoms with Crippen molar-refractivity contribution in [3.8, 4) is 0 Å². The van der Waals surface area contributed by atoms with Crippen LogP contribution in [0, 0.1) is 5.92 Å². The Labute approximate surface area is 256 Å². The summed E-state index contributed by atoms with van der Waals surface area (Å²) in [5, 5.41) is 20.1. The van der Waals surface area contributed by atoms with E-state index < -0.39 is 12.1 Å². The van der Waals surface area contributed by atoms with Crippen LogP contribution in [-0.4, -0.2) is 63.2 Å². The van der Waals surface area contributed by atoms with E-state index in [1.54, 1.807) is 6.20 Å². The Bertz CT molecular complexity index is 1540. The van der Waals surface area contributed by atoms with Crippen LogP contribution in [0.25, 0.3) is 0 Å². The van der Waals surface area contributed by atoms with E-state index >= 15 is 0 Å². The van der Waals surface area contributed by atoms with E-state index in [4.69, 9.17) is 21.5 Å². The van der Waals surface area contributed by atoms with Crippen molar-refractivity contribution in [2.24, 2.45) is 5.92 Å². The van der Waals surface area contributed by atoms with E-state index in [-0.39, 0.29) is 23.9 Å². The molecule has 2 aliphatic rings. The van der Waals surface area contributed by atoms with Crippen LogP contribution in [0.4, 0.5) is 46.8 Å². The number of carboxylic acids is 1. The number of nitrogens with zero attached hydrogens (tertiary/aromatic N) is 3. The molecule has 15 heteroatoms. The molecule has 11 nitrogen and oxygen atoms in total. The first-order chi connectivity index (χ1) is 20.8. The van der Waals surface area contributed by atoms with Gasteiger partial charge in [0.1, 0.15) is 5.02 Å². The number of anilines is 5. The molecule has 5 N–H and O–H groups in total. The summed E-state index contributed by atoms with van der Waals surface area (Å²) in [4.78, 5) is 44.7. The number of rotatable bonds is 3. The van der Waals surface area contributed by atoms with Gasteiger partial charge in [0, 0.05) is 42.1 Å². The average molecular weight is 634 g/mol. The molecule has 234 valence electrons. The average Bonchev–Trinajstić information content (AvgIpc) is 3.42. The van der Waals surface area contributed by atoms with Crippen molar-refractivity contribution >= 4 is 58.3 Å². The molecule has 0 unspecified atom stereocenters. The van der Waals surface area contributed by atoms with Crippen molar-refractivity contribution in [1.82, 2.24) is 20.2 Å². The Kier molecular flexibility index (Phi) is 10.1. The van der Waals surface area contributed by atoms with E-state index in [0.717, 1.165) is 41.0 Å². The van der Waals surface area contributed by atoms with Gasteiger partial charge in [-0.15, -0.1) is 0 Å². The van der Waals surface area contributed by atoms with Crippen molar-refractivity contribution < 1.29 is 32.7 Å². The topological polar surface area (TPSA) is 149 Å². The number of carbonyl (C=O) groups excluding carboxylic acids is 2. The first-order valence-corrected chi connectivity index (χ1v) is 14.1. The normalized spacial score (nSPS) is 15.7. The third kappa shape index (κ3) is 8.72. The Hall–Kier alpha value is -4.59. The molecule has 3 heterocycles. The number of benzene rings is 2. The lowest BCUT2D eigenvalue weighted by atomic mass is 10.0. The summed E-state index contributed by atoms with van der Waals surface area (Å²) >= 11 is 6.36. The molecule has 2 aromatic carbocycles. The molecule has 3 aromatic rings. The van der Waals surface area contributed by atoms with E-state index in [2.05, 4.69) is 43.4 Å². The molecule has 0 saturated carbocycles. The maximum absolute atomic E-state index is 12.9. The third-order valence-electron chi connectivity index (χ3n) is 6.80. The molecule has 1 aromatic heterocycles. The summed E-state index contributed by atoms with van der Waals surface area (Å²) in [6.45, 7) is 4.98. The predicted molar refractivity (Wildman–Crippen MR) is 160 cm³/mol. The van der Waals surface area contributed by atoms with Crippen molar-refractivity contribution in [3.63, 3.8) is 0 Å². The zero-order chi connectivity index (χ0) is 32.0. The van der Waals surface area contributed by atoms with Gasteiger partial charge in [-0.05, 0) is 60.7 Å². The van der Waals surface area contributed by atoms with Crippen molar-refractivity contribution in [2.75, 3.05) is 29.0 Å². The van der Waals surface area contributed by atoms with Gasteiger partial charge in [-0.2, -0.15) is 18.2 Å². The number of amides is 3. The largest absolute Gasteiger partial charge is 0.490 e. The predicted octanol–water partition coefficient (Wildman–Crippen LogP) is 5.73. The molecule has 3 amide bonds. The third-order valence-corrected chi connectivity index (χ3v) is 7.07. The number of fused-ring (bicyclic) bond motifs is 6. The number of aryl methyl sites for hydroxylation is 2. The van der Waals surface area contributed by atoms with Crippen LogP contribution >= 0.6 is 11.6 Å². The van der Waals surface area contributed by atoms with Gasteiger partial charge in [-0.1, -0.05) is 37.6 Å². The summed E-state index contributed by atoms with van der Waals surface area (Å²) < 4.78 is 31.7. The van der Waals surface area contributed by atoms with Crippen LogP contribution in [0.1, 0.15) is 31.4 Å². The summed E-state index contributed by atoms with van der Waals surface area (Å²) in [5.74, 6) is -1.76. The zero-order valence-corrected chi connectivity index (χ0v) is 24.6. The lowest BCUT2D eigenvalue weighted by molar-refractivity contribution is -0.192. The maximum atomic E-state index is 12.9. The van der Waals surface area contributed by atoms with Crippen molar-refractivity contribution in [3.05, 3.63) is 64.8 Å². The smallest absolute Gasteiger partial charge is 0.475 e. The van der Waals surface area contributed by atoms with Gasteiger partial charge < -0.3 is 31.3 Å². The minimum absolute atomic E-state index is 0.0489. The number of hydrogen-bond acceptors (Lipinski definition) is 7. The Balaban J connectivity index is 0.000000566.